The van der Waals surface area contributed by atoms with Crippen LogP contribution in [0.2, 0.25) is 26.2 Å². The largest absolute Gasteiger partial charge is 0.347 e. The molecule has 0 aliphatic heterocycles. The molecular formula is C6H21O9P3Si2. The molecule has 9 nitrogen and oxygen atoms in total. The molecule has 0 aromatic carbocycles. The van der Waals surface area contributed by atoms with Crippen molar-refractivity contribution < 1.29 is 39.6 Å². The standard InChI is InChI=1S/C6H21O9P3Si2/c1-10-16(7)12-19(3,4)14-18(9)15-20(5,6)13-17(8)11-2/h16-18H,1-6H3. The molecule has 20 heavy (non-hydrogen) atoms. The van der Waals surface area contributed by atoms with Crippen molar-refractivity contribution in [1.29, 1.82) is 0 Å². The average Bonchev–Trinajstić information content (AvgIpc) is 2.25. The SMILES string of the molecule is CO[PH](=O)O[Si](C)(C)O[PH](=O)O[Si](C)(C)O[PH](=O)OC. The molecule has 0 aromatic rings. The van der Waals surface area contributed by atoms with Crippen molar-refractivity contribution in [1.82, 2.24) is 0 Å². The maximum atomic E-state index is 11.8. The van der Waals surface area contributed by atoms with E-state index in [0.717, 1.165) is 0 Å². The molecule has 0 aromatic heterocycles. The molecule has 0 radical (unpaired) electrons. The Labute approximate surface area is 122 Å². The molecule has 0 fully saturated rings. The van der Waals surface area contributed by atoms with E-state index in [-0.39, 0.29) is 0 Å². The fourth-order valence-corrected chi connectivity index (χ4v) is 9.66. The van der Waals surface area contributed by atoms with E-state index in [0.29, 0.717) is 0 Å². The van der Waals surface area contributed by atoms with Gasteiger partial charge in [-0.05, 0) is 26.2 Å². The third-order valence-corrected chi connectivity index (χ3v) is 12.8. The lowest BCUT2D eigenvalue weighted by atomic mass is 11.8. The van der Waals surface area contributed by atoms with Crippen molar-refractivity contribution in [2.75, 3.05) is 14.2 Å². The summed E-state index contributed by atoms with van der Waals surface area (Å²) in [5.74, 6) is 0. The van der Waals surface area contributed by atoms with Gasteiger partial charge in [-0.3, -0.25) is 13.7 Å². The van der Waals surface area contributed by atoms with Crippen LogP contribution in [0.25, 0.3) is 0 Å². The summed E-state index contributed by atoms with van der Waals surface area (Å²) >= 11 is 0. The van der Waals surface area contributed by atoms with Gasteiger partial charge in [0, 0.05) is 14.2 Å². The second-order valence-corrected chi connectivity index (χ2v) is 15.5. The van der Waals surface area contributed by atoms with Gasteiger partial charge in [-0.2, -0.15) is 0 Å². The van der Waals surface area contributed by atoms with E-state index in [1.165, 1.54) is 14.2 Å². The van der Waals surface area contributed by atoms with Crippen molar-refractivity contribution >= 4 is 41.9 Å². The molecule has 2 unspecified atom stereocenters. The van der Waals surface area contributed by atoms with Gasteiger partial charge in [0.2, 0.25) is 0 Å². The summed E-state index contributed by atoms with van der Waals surface area (Å²) in [5.41, 5.74) is 0. The Morgan fingerprint density at radius 2 is 0.850 bits per heavy atom. The summed E-state index contributed by atoms with van der Waals surface area (Å²) in [6, 6.07) is 0. The molecule has 0 aliphatic rings. The maximum absolute atomic E-state index is 11.8. The highest BCUT2D eigenvalue weighted by Gasteiger charge is 2.35. The first kappa shape index (κ1) is 20.9. The summed E-state index contributed by atoms with van der Waals surface area (Å²) in [7, 11) is -11.7. The van der Waals surface area contributed by atoms with Crippen LogP contribution in [0.1, 0.15) is 0 Å². The van der Waals surface area contributed by atoms with Crippen LogP contribution in [0.5, 0.6) is 0 Å². The van der Waals surface area contributed by atoms with E-state index >= 15 is 0 Å². The molecule has 0 saturated carbocycles. The van der Waals surface area contributed by atoms with E-state index in [4.69, 9.17) is 16.9 Å². The summed E-state index contributed by atoms with van der Waals surface area (Å²) in [4.78, 5) is 0. The fourth-order valence-electron chi connectivity index (χ4n) is 0.949. The molecular weight excluding hydrogens is 365 g/mol. The molecule has 0 bridgehead atoms. The maximum Gasteiger partial charge on any atom is 0.347 e. The second kappa shape index (κ2) is 9.12. The van der Waals surface area contributed by atoms with Gasteiger partial charge in [0.05, 0.1) is 0 Å². The van der Waals surface area contributed by atoms with Gasteiger partial charge in [0.15, 0.2) is 0 Å². The van der Waals surface area contributed by atoms with Gasteiger partial charge in [-0.25, -0.2) is 0 Å². The van der Waals surface area contributed by atoms with Crippen molar-refractivity contribution in [2.24, 2.45) is 0 Å². The first-order valence-corrected chi connectivity index (χ1v) is 14.8. The first-order valence-electron chi connectivity index (χ1n) is 5.47. The Balaban J connectivity index is 4.47. The Morgan fingerprint density at radius 3 is 1.10 bits per heavy atom. The highest BCUT2D eigenvalue weighted by molar-refractivity contribution is 7.40. The van der Waals surface area contributed by atoms with Crippen LogP contribution >= 0.6 is 24.8 Å². The Morgan fingerprint density at radius 1 is 0.600 bits per heavy atom. The first-order chi connectivity index (χ1) is 9.01. The van der Waals surface area contributed by atoms with Gasteiger partial charge >= 0.3 is 41.9 Å². The molecule has 14 heteroatoms. The van der Waals surface area contributed by atoms with Crippen LogP contribution < -0.4 is 0 Å². The molecule has 0 amide bonds. The predicted molar refractivity (Wildman–Crippen MR) is 80.3 cm³/mol. The number of hydrogen-bond acceptors (Lipinski definition) is 9. The summed E-state index contributed by atoms with van der Waals surface area (Å²) in [5, 5.41) is 0. The van der Waals surface area contributed by atoms with Gasteiger partial charge < -0.3 is 25.9 Å². The minimum Gasteiger partial charge on any atom is -0.326 e. The zero-order valence-corrected chi connectivity index (χ0v) is 17.2. The highest BCUT2D eigenvalue weighted by Crippen LogP contribution is 2.40. The van der Waals surface area contributed by atoms with Crippen molar-refractivity contribution in [3.8, 4) is 0 Å². The molecule has 0 aliphatic carbocycles. The summed E-state index contributed by atoms with van der Waals surface area (Å²) in [6.07, 6.45) is 0. The monoisotopic (exact) mass is 386 g/mol. The smallest absolute Gasteiger partial charge is 0.326 e. The minimum atomic E-state index is -2.94. The van der Waals surface area contributed by atoms with E-state index in [2.05, 4.69) is 9.05 Å². The van der Waals surface area contributed by atoms with Crippen LogP contribution in [0.4, 0.5) is 0 Å². The van der Waals surface area contributed by atoms with Gasteiger partial charge in [-0.1, -0.05) is 0 Å². The van der Waals surface area contributed by atoms with Gasteiger partial charge in [-0.15, -0.1) is 0 Å². The van der Waals surface area contributed by atoms with Crippen LogP contribution in [-0.2, 0) is 39.6 Å². The lowest BCUT2D eigenvalue weighted by molar-refractivity contribution is 0.294. The highest BCUT2D eigenvalue weighted by atomic mass is 31.1. The molecule has 2 atom stereocenters. The van der Waals surface area contributed by atoms with E-state index in [1.807, 2.05) is 0 Å². The Hall–Kier alpha value is 0.884. The molecule has 0 saturated heterocycles. The number of hydrogen-bond donors (Lipinski definition) is 0. The van der Waals surface area contributed by atoms with Crippen LogP contribution in [0.15, 0.2) is 0 Å². The number of rotatable bonds is 10. The normalized spacial score (nSPS) is 17.7. The van der Waals surface area contributed by atoms with E-state index in [9.17, 15) is 13.7 Å². The lowest BCUT2D eigenvalue weighted by Gasteiger charge is -2.25. The van der Waals surface area contributed by atoms with Crippen LogP contribution in [0, 0.1) is 0 Å². The third-order valence-electron chi connectivity index (χ3n) is 1.65. The Kier molecular flexibility index (Phi) is 9.52. The van der Waals surface area contributed by atoms with Gasteiger partial charge in [0.1, 0.15) is 0 Å². The zero-order valence-electron chi connectivity index (χ0n) is 12.2. The second-order valence-electron chi connectivity index (χ2n) is 4.37. The van der Waals surface area contributed by atoms with Crippen molar-refractivity contribution in [3.05, 3.63) is 0 Å². The molecule has 0 rings (SSSR count). The predicted octanol–water partition coefficient (Wildman–Crippen LogP) is 2.92. The van der Waals surface area contributed by atoms with E-state index in [1.54, 1.807) is 26.2 Å². The molecule has 0 heterocycles. The van der Waals surface area contributed by atoms with Crippen LogP contribution in [-0.4, -0.2) is 31.3 Å². The van der Waals surface area contributed by atoms with E-state index < -0.39 is 41.9 Å². The van der Waals surface area contributed by atoms with Gasteiger partial charge in [0.25, 0.3) is 0 Å². The fraction of sp³-hybridized carbons (Fsp3) is 1.00. The third kappa shape index (κ3) is 9.75. The lowest BCUT2D eigenvalue weighted by Crippen LogP contribution is -2.33. The quantitative estimate of drug-likeness (QED) is 0.414. The van der Waals surface area contributed by atoms with Crippen LogP contribution in [0.3, 0.4) is 0 Å². The van der Waals surface area contributed by atoms with Crippen molar-refractivity contribution in [2.45, 2.75) is 26.2 Å². The Bertz CT molecular complexity index is 354. The molecule has 0 spiro atoms. The summed E-state index contributed by atoms with van der Waals surface area (Å²) < 4.78 is 63.6. The minimum absolute atomic E-state index is 1.23. The summed E-state index contributed by atoms with van der Waals surface area (Å²) in [6.45, 7) is 6.20. The molecule has 0 N–H and O–H groups in total. The van der Waals surface area contributed by atoms with Crippen molar-refractivity contribution in [3.63, 3.8) is 0 Å². The topological polar surface area (TPSA) is 107 Å². The molecule has 122 valence electrons. The average molecular weight is 386 g/mol. The zero-order chi connectivity index (χ0) is 16.0.